The third kappa shape index (κ3) is 13.7. The summed E-state index contributed by atoms with van der Waals surface area (Å²) in [5.41, 5.74) is 0. The fourth-order valence-corrected chi connectivity index (χ4v) is 0.395. The summed E-state index contributed by atoms with van der Waals surface area (Å²) in [4.78, 5) is 21.2. The lowest BCUT2D eigenvalue weighted by Gasteiger charge is -2.07. The Kier molecular flexibility index (Phi) is 9.63. The third-order valence-corrected chi connectivity index (χ3v) is 0.986. The molecule has 0 radical (unpaired) electrons. The first-order valence-corrected chi connectivity index (χ1v) is 4.00. The number of nitrogens with zero attached hydrogens (tertiary/aromatic N) is 1. The van der Waals surface area contributed by atoms with Gasteiger partial charge in [0, 0.05) is 5.75 Å². The molecule has 0 aromatic carbocycles. The summed E-state index contributed by atoms with van der Waals surface area (Å²) < 4.78 is 0. The van der Waals surface area contributed by atoms with Crippen molar-refractivity contribution in [2.75, 3.05) is 12.4 Å². The van der Waals surface area contributed by atoms with Gasteiger partial charge in [-0.3, -0.25) is 4.79 Å². The van der Waals surface area contributed by atoms with Crippen molar-refractivity contribution in [3.63, 3.8) is 0 Å². The summed E-state index contributed by atoms with van der Waals surface area (Å²) in [5, 5.41) is 32.2. The first-order chi connectivity index (χ1) is 6.39. The van der Waals surface area contributed by atoms with Crippen LogP contribution in [0.25, 0.3) is 0 Å². The van der Waals surface area contributed by atoms with Gasteiger partial charge in [0.15, 0.2) is 0 Å². The van der Waals surface area contributed by atoms with Gasteiger partial charge in [-0.25, -0.2) is 4.79 Å². The monoisotopic (exact) mass is 225 g/mol. The Labute approximate surface area is 85.1 Å². The van der Waals surface area contributed by atoms with Gasteiger partial charge in [0.2, 0.25) is 6.08 Å². The molecule has 7 nitrogen and oxygen atoms in total. The topological polar surface area (TPSA) is 127 Å². The Morgan fingerprint density at radius 2 is 2.00 bits per heavy atom. The number of aliphatic carboxylic acids is 1. The summed E-state index contributed by atoms with van der Waals surface area (Å²) in [7, 11) is 0. The fraction of sp³-hybridized carbons (Fsp3) is 0.667. The largest absolute Gasteiger partial charge is 0.481 e. The highest BCUT2D eigenvalue weighted by Crippen LogP contribution is 1.95. The minimum absolute atomic E-state index is 0.156. The lowest BCUT2D eigenvalue weighted by molar-refractivity contribution is -0.178. The summed E-state index contributed by atoms with van der Waals surface area (Å²) in [5.74, 6) is -3.01. The summed E-state index contributed by atoms with van der Waals surface area (Å²) >= 11 is 3.68. The van der Waals surface area contributed by atoms with Gasteiger partial charge in [0.1, 0.15) is 6.61 Å². The first kappa shape index (κ1) is 15.5. The fourth-order valence-electron chi connectivity index (χ4n) is 0.204. The van der Waals surface area contributed by atoms with Gasteiger partial charge < -0.3 is 20.4 Å². The molecule has 0 aliphatic heterocycles. The highest BCUT2D eigenvalue weighted by Gasteiger charge is 2.18. The lowest BCUT2D eigenvalue weighted by atomic mass is 10.5. The Hall–Kier alpha value is -0.920. The highest BCUT2D eigenvalue weighted by atomic mass is 32.1. The summed E-state index contributed by atoms with van der Waals surface area (Å²) in [6.45, 7) is -1.01. The minimum Gasteiger partial charge on any atom is -0.481 e. The van der Waals surface area contributed by atoms with Crippen LogP contribution in [0, 0.1) is 0 Å². The predicted molar refractivity (Wildman–Crippen MR) is 48.5 cm³/mol. The number of aliphatic hydroxyl groups excluding tert-OH is 1. The van der Waals surface area contributed by atoms with Crippen LogP contribution in [0.3, 0.4) is 0 Å². The van der Waals surface area contributed by atoms with E-state index >= 15 is 0 Å². The second kappa shape index (κ2) is 8.67. The van der Waals surface area contributed by atoms with Crippen LogP contribution in [0.1, 0.15) is 6.42 Å². The van der Waals surface area contributed by atoms with Crippen LogP contribution in [-0.4, -0.2) is 50.7 Å². The number of hydrogen-bond donors (Lipinski definition) is 5. The van der Waals surface area contributed by atoms with Gasteiger partial charge in [-0.15, -0.1) is 4.99 Å². The average molecular weight is 225 g/mol. The van der Waals surface area contributed by atoms with E-state index < -0.39 is 18.5 Å². The van der Waals surface area contributed by atoms with Crippen molar-refractivity contribution in [3.05, 3.63) is 0 Å². The van der Waals surface area contributed by atoms with E-state index in [2.05, 4.69) is 17.6 Å². The average Bonchev–Trinajstić information content (AvgIpc) is 2.05. The molecule has 0 aliphatic carbocycles. The minimum atomic E-state index is -2.65. The van der Waals surface area contributed by atoms with Crippen molar-refractivity contribution in [2.45, 2.75) is 12.3 Å². The van der Waals surface area contributed by atoms with Gasteiger partial charge in [-0.2, -0.15) is 12.6 Å². The van der Waals surface area contributed by atoms with Crippen LogP contribution in [0.2, 0.25) is 0 Å². The summed E-state index contributed by atoms with van der Waals surface area (Å²) in [6.07, 6.45) is 1.03. The van der Waals surface area contributed by atoms with Crippen LogP contribution in [-0.2, 0) is 9.59 Å². The Bertz CT molecular complexity index is 212. The molecule has 0 rings (SSSR count). The maximum absolute atomic E-state index is 9.55. The zero-order chi connectivity index (χ0) is 11.6. The van der Waals surface area contributed by atoms with Crippen molar-refractivity contribution < 1.29 is 30.0 Å². The Morgan fingerprint density at radius 3 is 2.07 bits per heavy atom. The molecule has 0 spiro atoms. The van der Waals surface area contributed by atoms with E-state index in [-0.39, 0.29) is 6.42 Å². The third-order valence-electron chi connectivity index (χ3n) is 0.763. The predicted octanol–water partition coefficient (Wildman–Crippen LogP) is -1.66. The normalized spacial score (nSPS) is 9.43. The molecule has 0 aromatic rings. The van der Waals surface area contributed by atoms with E-state index in [0.29, 0.717) is 5.75 Å². The molecule has 82 valence electrons. The van der Waals surface area contributed by atoms with Crippen LogP contribution in [0.15, 0.2) is 4.99 Å². The molecule has 0 atom stereocenters. The van der Waals surface area contributed by atoms with Crippen molar-refractivity contribution in [1.29, 1.82) is 0 Å². The number of carbonyl (C=O) groups is 1. The molecule has 0 aliphatic rings. The molecule has 0 heterocycles. The number of carboxylic acids is 1. The number of hydrogen-bond acceptors (Lipinski definition) is 7. The number of carbonyl (C=O) groups excluding carboxylic acids is 1. The number of thiol groups is 1. The lowest BCUT2D eigenvalue weighted by Crippen LogP contribution is -2.29. The molecule has 0 unspecified atom stereocenters. The second-order valence-electron chi connectivity index (χ2n) is 2.00. The molecule has 0 aromatic heterocycles. The van der Waals surface area contributed by atoms with E-state index in [9.17, 15) is 9.59 Å². The van der Waals surface area contributed by atoms with Crippen LogP contribution in [0.5, 0.6) is 0 Å². The Morgan fingerprint density at radius 1 is 1.50 bits per heavy atom. The van der Waals surface area contributed by atoms with E-state index in [1.807, 2.05) is 0 Å². The maximum Gasteiger partial charge on any atom is 0.304 e. The molecule has 0 saturated carbocycles. The van der Waals surface area contributed by atoms with Crippen LogP contribution in [0.4, 0.5) is 0 Å². The second-order valence-corrected chi connectivity index (χ2v) is 2.45. The van der Waals surface area contributed by atoms with Gasteiger partial charge >= 0.3 is 5.97 Å². The van der Waals surface area contributed by atoms with E-state index in [1.165, 1.54) is 0 Å². The molecule has 0 amide bonds. The van der Waals surface area contributed by atoms with Gasteiger partial charge in [0.25, 0.3) is 5.91 Å². The van der Waals surface area contributed by atoms with E-state index in [0.717, 1.165) is 6.08 Å². The zero-order valence-electron chi connectivity index (χ0n) is 7.12. The highest BCUT2D eigenvalue weighted by molar-refractivity contribution is 7.80. The quantitative estimate of drug-likeness (QED) is 0.169. The van der Waals surface area contributed by atoms with Crippen molar-refractivity contribution in [3.8, 4) is 0 Å². The van der Waals surface area contributed by atoms with Crippen molar-refractivity contribution >= 4 is 24.7 Å². The molecule has 0 bridgehead atoms. The summed E-state index contributed by atoms with van der Waals surface area (Å²) in [6, 6.07) is 0. The van der Waals surface area contributed by atoms with E-state index in [1.54, 1.807) is 0 Å². The van der Waals surface area contributed by atoms with Crippen molar-refractivity contribution in [1.82, 2.24) is 0 Å². The standard InChI is InChI=1S/C3H5NO4.C3H6O2S/c5-1-3(7,8)4-2-6;4-3(5)1-2-6/h5,7-8H,1H2;6H,1-2H2,(H,4,5). The van der Waals surface area contributed by atoms with Gasteiger partial charge in [0.05, 0.1) is 6.42 Å². The number of aliphatic imine (C=N–C) groups is 1. The molecule has 4 N–H and O–H groups in total. The molecule has 14 heavy (non-hydrogen) atoms. The van der Waals surface area contributed by atoms with Gasteiger partial charge in [-0.05, 0) is 0 Å². The zero-order valence-corrected chi connectivity index (χ0v) is 8.02. The van der Waals surface area contributed by atoms with Crippen LogP contribution >= 0.6 is 12.6 Å². The maximum atomic E-state index is 9.55. The number of carboxylic acid groups (broad SMARTS) is 1. The number of aliphatic hydroxyl groups is 3. The molecule has 8 heteroatoms. The first-order valence-electron chi connectivity index (χ1n) is 3.37. The number of isocyanates is 1. The van der Waals surface area contributed by atoms with Crippen molar-refractivity contribution in [2.24, 2.45) is 4.99 Å². The van der Waals surface area contributed by atoms with Gasteiger partial charge in [-0.1, -0.05) is 0 Å². The smallest absolute Gasteiger partial charge is 0.304 e. The SMILES string of the molecule is O=C(O)CCS.O=C=NC(O)(O)CO. The molecule has 0 saturated heterocycles. The number of rotatable bonds is 4. The van der Waals surface area contributed by atoms with Crippen LogP contribution < -0.4 is 0 Å². The molecular weight excluding hydrogens is 214 g/mol. The van der Waals surface area contributed by atoms with E-state index in [4.69, 9.17) is 20.4 Å². The molecular formula is C6H11NO6S. The molecule has 0 fully saturated rings. The Balaban J connectivity index is 0.